The second kappa shape index (κ2) is 4.46. The molecule has 0 bridgehead atoms. The van der Waals surface area contributed by atoms with Crippen LogP contribution in [0.3, 0.4) is 0 Å². The van der Waals surface area contributed by atoms with Crippen LogP contribution in [0.4, 0.5) is 11.5 Å². The van der Waals surface area contributed by atoms with Gasteiger partial charge in [-0.25, -0.2) is 4.98 Å². The topological polar surface area (TPSA) is 88.3 Å². The Morgan fingerprint density at radius 1 is 1.59 bits per heavy atom. The smallest absolute Gasteiger partial charge is 0.276 e. The molecule has 2 rings (SSSR count). The Hall–Kier alpha value is -1.40. The summed E-state index contributed by atoms with van der Waals surface area (Å²) in [6, 6.07) is 2.53. The first-order valence-corrected chi connectivity index (χ1v) is 5.59. The van der Waals surface area contributed by atoms with Crippen molar-refractivity contribution in [3.63, 3.8) is 0 Å². The number of halogens is 1. The molecule has 0 aliphatic heterocycles. The summed E-state index contributed by atoms with van der Waals surface area (Å²) in [7, 11) is 0. The van der Waals surface area contributed by atoms with Gasteiger partial charge in [-0.15, -0.1) is 0 Å². The maximum absolute atomic E-state index is 10.6. The van der Waals surface area contributed by atoms with E-state index in [0.717, 1.165) is 12.8 Å². The lowest BCUT2D eigenvalue weighted by atomic mass is 10.1. The van der Waals surface area contributed by atoms with E-state index in [4.69, 9.17) is 16.7 Å². The molecule has 17 heavy (non-hydrogen) atoms. The molecule has 2 N–H and O–H groups in total. The van der Waals surface area contributed by atoms with Crippen LogP contribution in [-0.4, -0.2) is 28.2 Å². The van der Waals surface area contributed by atoms with Crippen molar-refractivity contribution in [2.75, 3.05) is 18.5 Å². The van der Waals surface area contributed by atoms with Crippen LogP contribution in [0.15, 0.2) is 12.1 Å². The molecule has 0 atom stereocenters. The number of hydrogen-bond donors (Lipinski definition) is 2. The van der Waals surface area contributed by atoms with Crippen molar-refractivity contribution in [1.82, 2.24) is 4.98 Å². The van der Waals surface area contributed by atoms with E-state index in [-0.39, 0.29) is 22.9 Å². The third kappa shape index (κ3) is 2.83. The number of nitrogens with zero attached hydrogens (tertiary/aromatic N) is 2. The highest BCUT2D eigenvalue weighted by atomic mass is 35.5. The minimum atomic E-state index is -0.516. The highest BCUT2D eigenvalue weighted by molar-refractivity contribution is 6.29. The zero-order valence-electron chi connectivity index (χ0n) is 9.02. The summed E-state index contributed by atoms with van der Waals surface area (Å²) in [5, 5.41) is 22.8. The van der Waals surface area contributed by atoms with Crippen LogP contribution in [0.25, 0.3) is 0 Å². The Morgan fingerprint density at radius 3 is 2.82 bits per heavy atom. The number of anilines is 1. The molecule has 92 valence electrons. The van der Waals surface area contributed by atoms with E-state index in [1.807, 2.05) is 0 Å². The quantitative estimate of drug-likeness (QED) is 0.477. The van der Waals surface area contributed by atoms with Gasteiger partial charge in [0, 0.05) is 12.0 Å². The number of aromatic nitrogens is 1. The largest absolute Gasteiger partial charge is 0.396 e. The van der Waals surface area contributed by atoms with Crippen LogP contribution in [0.5, 0.6) is 0 Å². The molecule has 1 fully saturated rings. The molecule has 0 saturated heterocycles. The van der Waals surface area contributed by atoms with Crippen molar-refractivity contribution in [3.8, 4) is 0 Å². The van der Waals surface area contributed by atoms with E-state index < -0.39 is 4.92 Å². The van der Waals surface area contributed by atoms with Crippen molar-refractivity contribution in [2.45, 2.75) is 12.8 Å². The van der Waals surface area contributed by atoms with Crippen LogP contribution >= 0.6 is 11.6 Å². The molecule has 0 spiro atoms. The number of rotatable bonds is 5. The number of nitro groups is 1. The fraction of sp³-hybridized carbons (Fsp3) is 0.500. The molecule has 0 aromatic carbocycles. The fourth-order valence-electron chi connectivity index (χ4n) is 1.52. The Kier molecular flexibility index (Phi) is 3.17. The van der Waals surface area contributed by atoms with Gasteiger partial charge in [0.05, 0.1) is 23.7 Å². The maximum Gasteiger partial charge on any atom is 0.276 e. The number of aliphatic hydroxyl groups excluding tert-OH is 1. The molecule has 1 heterocycles. The van der Waals surface area contributed by atoms with Crippen LogP contribution in [0, 0.1) is 15.5 Å². The molecule has 6 nitrogen and oxygen atoms in total. The molecule has 1 saturated carbocycles. The van der Waals surface area contributed by atoms with Crippen LogP contribution in [0.2, 0.25) is 5.15 Å². The lowest BCUT2D eigenvalue weighted by molar-refractivity contribution is -0.384. The molecule has 0 radical (unpaired) electrons. The number of hydrogen-bond acceptors (Lipinski definition) is 5. The average Bonchev–Trinajstić information content (AvgIpc) is 3.06. The standard InChI is InChI=1S/C10H12ClN3O3/c11-8-3-7(14(16)17)4-9(13-8)12-5-10(6-15)1-2-10/h3-4,15H,1-2,5-6H2,(H,12,13). The molecule has 1 aliphatic rings. The Balaban J connectivity index is 2.07. The van der Waals surface area contributed by atoms with Gasteiger partial charge in [-0.05, 0) is 12.8 Å². The summed E-state index contributed by atoms with van der Waals surface area (Å²) in [4.78, 5) is 14.1. The van der Waals surface area contributed by atoms with Gasteiger partial charge < -0.3 is 10.4 Å². The second-order valence-electron chi connectivity index (χ2n) is 4.30. The third-order valence-corrected chi connectivity index (χ3v) is 3.12. The van der Waals surface area contributed by atoms with Gasteiger partial charge in [0.2, 0.25) is 0 Å². The van der Waals surface area contributed by atoms with E-state index in [1.165, 1.54) is 12.1 Å². The van der Waals surface area contributed by atoms with E-state index in [2.05, 4.69) is 10.3 Å². The number of aliphatic hydroxyl groups is 1. The molecule has 7 heteroatoms. The van der Waals surface area contributed by atoms with Gasteiger partial charge in [0.1, 0.15) is 11.0 Å². The second-order valence-corrected chi connectivity index (χ2v) is 4.69. The summed E-state index contributed by atoms with van der Waals surface area (Å²) in [5.41, 5.74) is -0.181. The van der Waals surface area contributed by atoms with Crippen LogP contribution in [0.1, 0.15) is 12.8 Å². The first-order valence-electron chi connectivity index (χ1n) is 5.21. The minimum absolute atomic E-state index is 0.0792. The lowest BCUT2D eigenvalue weighted by Crippen LogP contribution is -2.19. The fourth-order valence-corrected chi connectivity index (χ4v) is 1.73. The molecular formula is C10H12ClN3O3. The zero-order valence-corrected chi connectivity index (χ0v) is 9.78. The average molecular weight is 258 g/mol. The van der Waals surface area contributed by atoms with E-state index >= 15 is 0 Å². The van der Waals surface area contributed by atoms with E-state index in [9.17, 15) is 10.1 Å². The molecular weight excluding hydrogens is 246 g/mol. The zero-order chi connectivity index (χ0) is 12.5. The highest BCUT2D eigenvalue weighted by Crippen LogP contribution is 2.44. The predicted molar refractivity (Wildman–Crippen MR) is 63.1 cm³/mol. The van der Waals surface area contributed by atoms with E-state index in [0.29, 0.717) is 12.4 Å². The van der Waals surface area contributed by atoms with Gasteiger partial charge >= 0.3 is 0 Å². The van der Waals surface area contributed by atoms with Crippen molar-refractivity contribution >= 4 is 23.1 Å². The maximum atomic E-state index is 10.6. The first-order chi connectivity index (χ1) is 8.04. The summed E-state index contributed by atoms with van der Waals surface area (Å²) >= 11 is 5.69. The first kappa shape index (κ1) is 12.1. The van der Waals surface area contributed by atoms with Crippen molar-refractivity contribution in [2.24, 2.45) is 5.41 Å². The lowest BCUT2D eigenvalue weighted by Gasteiger charge is -2.13. The minimum Gasteiger partial charge on any atom is -0.396 e. The van der Waals surface area contributed by atoms with Crippen LogP contribution < -0.4 is 5.32 Å². The Morgan fingerprint density at radius 2 is 2.29 bits per heavy atom. The number of nitrogens with one attached hydrogen (secondary N) is 1. The molecule has 1 aromatic rings. The van der Waals surface area contributed by atoms with Gasteiger partial charge in [-0.1, -0.05) is 11.6 Å². The van der Waals surface area contributed by atoms with Crippen molar-refractivity contribution in [3.05, 3.63) is 27.4 Å². The van der Waals surface area contributed by atoms with Gasteiger partial charge in [-0.2, -0.15) is 0 Å². The van der Waals surface area contributed by atoms with E-state index in [1.54, 1.807) is 0 Å². The molecule has 0 amide bonds. The normalized spacial score (nSPS) is 16.6. The molecule has 0 unspecified atom stereocenters. The predicted octanol–water partition coefficient (Wildman–Crippen LogP) is 1.83. The van der Waals surface area contributed by atoms with Gasteiger partial charge in [0.15, 0.2) is 0 Å². The van der Waals surface area contributed by atoms with Gasteiger partial charge in [0.25, 0.3) is 5.69 Å². The molecule has 1 aliphatic carbocycles. The van der Waals surface area contributed by atoms with Crippen LogP contribution in [-0.2, 0) is 0 Å². The van der Waals surface area contributed by atoms with Crippen molar-refractivity contribution in [1.29, 1.82) is 0 Å². The van der Waals surface area contributed by atoms with Crippen molar-refractivity contribution < 1.29 is 10.0 Å². The molecule has 1 aromatic heterocycles. The highest BCUT2D eigenvalue weighted by Gasteiger charge is 2.41. The Bertz CT molecular complexity index is 448. The summed E-state index contributed by atoms with van der Waals surface area (Å²) < 4.78 is 0. The third-order valence-electron chi connectivity index (χ3n) is 2.93. The number of pyridine rings is 1. The summed E-state index contributed by atoms with van der Waals surface area (Å²) in [5.74, 6) is 0.365. The summed E-state index contributed by atoms with van der Waals surface area (Å²) in [6.45, 7) is 0.663. The Labute approximate surface area is 103 Å². The monoisotopic (exact) mass is 257 g/mol. The summed E-state index contributed by atoms with van der Waals surface area (Å²) in [6.07, 6.45) is 1.91. The SMILES string of the molecule is O=[N+]([O-])c1cc(Cl)nc(NCC2(CO)CC2)c1. The van der Waals surface area contributed by atoms with Gasteiger partial charge in [-0.3, -0.25) is 10.1 Å².